The molecule has 0 saturated carbocycles. The van der Waals surface area contributed by atoms with Crippen molar-refractivity contribution in [1.82, 2.24) is 4.98 Å². The third-order valence-corrected chi connectivity index (χ3v) is 2.93. The third kappa shape index (κ3) is 3.11. The maximum absolute atomic E-state index is 5.97. The van der Waals surface area contributed by atoms with E-state index in [2.05, 4.69) is 36.7 Å². The Bertz CT molecular complexity index is 337. The molecule has 0 aliphatic heterocycles. The van der Waals surface area contributed by atoms with Crippen LogP contribution in [0.15, 0.2) is 12.3 Å². The summed E-state index contributed by atoms with van der Waals surface area (Å²) in [7, 11) is 0. The van der Waals surface area contributed by atoms with Gasteiger partial charge in [0.25, 0.3) is 0 Å². The van der Waals surface area contributed by atoms with Gasteiger partial charge in [-0.15, -0.1) is 11.6 Å². The largest absolute Gasteiger partial charge is 0.369 e. The van der Waals surface area contributed by atoms with E-state index in [1.165, 1.54) is 5.69 Å². The van der Waals surface area contributed by atoms with Crippen LogP contribution in [0.2, 0.25) is 0 Å². The van der Waals surface area contributed by atoms with Gasteiger partial charge in [-0.05, 0) is 33.3 Å². The van der Waals surface area contributed by atoms with Gasteiger partial charge in [-0.25, -0.2) is 0 Å². The number of hydrogen-bond donors (Lipinski definition) is 0. The highest BCUT2D eigenvalue weighted by Gasteiger charge is 2.13. The van der Waals surface area contributed by atoms with Gasteiger partial charge in [-0.2, -0.15) is 0 Å². The predicted molar refractivity (Wildman–Crippen MR) is 71.3 cm³/mol. The molecule has 1 aromatic heterocycles. The molecule has 0 saturated heterocycles. The lowest BCUT2D eigenvalue weighted by Gasteiger charge is -2.30. The average Bonchev–Trinajstić information content (AvgIpc) is 2.25. The van der Waals surface area contributed by atoms with E-state index in [1.807, 2.05) is 13.1 Å². The minimum atomic E-state index is 0.490. The van der Waals surface area contributed by atoms with Gasteiger partial charge >= 0.3 is 0 Å². The van der Waals surface area contributed by atoms with Gasteiger partial charge < -0.3 is 4.90 Å². The Balaban J connectivity index is 3.10. The van der Waals surface area contributed by atoms with Crippen LogP contribution in [-0.4, -0.2) is 17.6 Å². The van der Waals surface area contributed by atoms with Gasteiger partial charge in [0.05, 0.1) is 5.88 Å². The minimum Gasteiger partial charge on any atom is -0.369 e. The molecule has 0 aliphatic carbocycles. The molecule has 2 nitrogen and oxygen atoms in total. The van der Waals surface area contributed by atoms with Crippen LogP contribution in [0.25, 0.3) is 0 Å². The number of nitrogens with zero attached hydrogens (tertiary/aromatic N) is 2. The molecule has 0 amide bonds. The molecule has 1 heterocycles. The van der Waals surface area contributed by atoms with Crippen molar-refractivity contribution in [3.8, 4) is 0 Å². The fourth-order valence-electron chi connectivity index (χ4n) is 1.84. The van der Waals surface area contributed by atoms with Crippen molar-refractivity contribution in [2.45, 2.75) is 46.0 Å². The van der Waals surface area contributed by atoms with Crippen LogP contribution in [0.3, 0.4) is 0 Å². The van der Waals surface area contributed by atoms with E-state index in [1.54, 1.807) is 0 Å². The maximum atomic E-state index is 5.97. The highest BCUT2D eigenvalue weighted by atomic mass is 35.5. The molecule has 1 aromatic rings. The number of halogens is 1. The molecular formula is C13H21ClN2. The van der Waals surface area contributed by atoms with Gasteiger partial charge in [-0.1, -0.05) is 6.92 Å². The molecule has 0 aliphatic rings. The maximum Gasteiger partial charge on any atom is 0.0509 e. The van der Waals surface area contributed by atoms with Crippen LogP contribution in [-0.2, 0) is 5.88 Å². The van der Waals surface area contributed by atoms with Crippen molar-refractivity contribution in [2.24, 2.45) is 0 Å². The molecule has 0 radical (unpaired) electrons. The van der Waals surface area contributed by atoms with E-state index in [0.717, 1.165) is 24.2 Å². The number of hydrogen-bond acceptors (Lipinski definition) is 2. The molecule has 0 atom stereocenters. The summed E-state index contributed by atoms with van der Waals surface area (Å²) in [6, 6.07) is 2.62. The van der Waals surface area contributed by atoms with E-state index in [4.69, 9.17) is 11.6 Å². The first-order chi connectivity index (χ1) is 7.60. The summed E-state index contributed by atoms with van der Waals surface area (Å²) in [4.78, 5) is 6.70. The van der Waals surface area contributed by atoms with E-state index >= 15 is 0 Å². The average molecular weight is 241 g/mol. The normalized spacial score (nSPS) is 10.9. The van der Waals surface area contributed by atoms with E-state index in [-0.39, 0.29) is 0 Å². The second-order valence-electron chi connectivity index (χ2n) is 4.38. The van der Waals surface area contributed by atoms with E-state index in [0.29, 0.717) is 11.9 Å². The summed E-state index contributed by atoms with van der Waals surface area (Å²) < 4.78 is 0. The van der Waals surface area contributed by atoms with Crippen LogP contribution in [0.1, 0.15) is 38.4 Å². The molecule has 0 bridgehead atoms. The zero-order chi connectivity index (χ0) is 12.1. The lowest BCUT2D eigenvalue weighted by atomic mass is 10.1. The van der Waals surface area contributed by atoms with Crippen molar-refractivity contribution in [1.29, 1.82) is 0 Å². The molecule has 0 fully saturated rings. The number of anilines is 1. The first kappa shape index (κ1) is 13.3. The van der Waals surface area contributed by atoms with Crippen LogP contribution in [0.5, 0.6) is 0 Å². The number of pyridine rings is 1. The Morgan fingerprint density at radius 2 is 2.12 bits per heavy atom. The predicted octanol–water partition coefficient (Wildman–Crippen LogP) is 3.75. The standard InChI is InChI=1S/C13H21ClN2/c1-5-6-16(10(2)3)13-7-11(4)15-9-12(13)8-14/h7,9-10H,5-6,8H2,1-4H3. The molecule has 3 heteroatoms. The topological polar surface area (TPSA) is 16.1 Å². The van der Waals surface area contributed by atoms with Crippen LogP contribution >= 0.6 is 11.6 Å². The van der Waals surface area contributed by atoms with Gasteiger partial charge in [0.2, 0.25) is 0 Å². The SMILES string of the molecule is CCCN(c1cc(C)ncc1CCl)C(C)C. The molecule has 0 N–H and O–H groups in total. The smallest absolute Gasteiger partial charge is 0.0509 e. The first-order valence-corrected chi connectivity index (χ1v) is 6.41. The monoisotopic (exact) mass is 240 g/mol. The number of alkyl halides is 1. The Morgan fingerprint density at radius 3 is 2.62 bits per heavy atom. The highest BCUT2D eigenvalue weighted by Crippen LogP contribution is 2.24. The Morgan fingerprint density at radius 1 is 1.44 bits per heavy atom. The molecule has 0 aromatic carbocycles. The van der Waals surface area contributed by atoms with Crippen molar-refractivity contribution in [3.63, 3.8) is 0 Å². The Kier molecular flexibility index (Phi) is 5.07. The van der Waals surface area contributed by atoms with Gasteiger partial charge in [0, 0.05) is 35.7 Å². The van der Waals surface area contributed by atoms with Crippen molar-refractivity contribution < 1.29 is 0 Å². The zero-order valence-electron chi connectivity index (χ0n) is 10.6. The zero-order valence-corrected chi connectivity index (χ0v) is 11.4. The molecule has 90 valence electrons. The molecule has 1 rings (SSSR count). The van der Waals surface area contributed by atoms with E-state index < -0.39 is 0 Å². The van der Waals surface area contributed by atoms with Crippen molar-refractivity contribution in [3.05, 3.63) is 23.5 Å². The van der Waals surface area contributed by atoms with Gasteiger partial charge in [0.1, 0.15) is 0 Å². The number of rotatable bonds is 5. The first-order valence-electron chi connectivity index (χ1n) is 5.88. The Hall–Kier alpha value is -0.760. The summed E-state index contributed by atoms with van der Waals surface area (Å²) >= 11 is 5.97. The quantitative estimate of drug-likeness (QED) is 0.729. The fourth-order valence-corrected chi connectivity index (χ4v) is 2.05. The highest BCUT2D eigenvalue weighted by molar-refractivity contribution is 6.17. The van der Waals surface area contributed by atoms with Crippen LogP contribution in [0.4, 0.5) is 5.69 Å². The van der Waals surface area contributed by atoms with Crippen molar-refractivity contribution in [2.75, 3.05) is 11.4 Å². The summed E-state index contributed by atoms with van der Waals surface area (Å²) in [5.41, 5.74) is 3.40. The third-order valence-electron chi connectivity index (χ3n) is 2.64. The van der Waals surface area contributed by atoms with Gasteiger partial charge in [-0.3, -0.25) is 4.98 Å². The summed E-state index contributed by atoms with van der Waals surface area (Å²) in [5.74, 6) is 0.523. The van der Waals surface area contributed by atoms with E-state index in [9.17, 15) is 0 Å². The fraction of sp³-hybridized carbons (Fsp3) is 0.615. The molecular weight excluding hydrogens is 220 g/mol. The lowest BCUT2D eigenvalue weighted by molar-refractivity contribution is 0.668. The van der Waals surface area contributed by atoms with Crippen LogP contribution in [0, 0.1) is 6.92 Å². The Labute approximate surface area is 104 Å². The summed E-state index contributed by atoms with van der Waals surface area (Å²) in [5, 5.41) is 0. The van der Waals surface area contributed by atoms with Gasteiger partial charge in [0.15, 0.2) is 0 Å². The number of aromatic nitrogens is 1. The summed E-state index contributed by atoms with van der Waals surface area (Å²) in [6.07, 6.45) is 3.03. The second-order valence-corrected chi connectivity index (χ2v) is 4.64. The lowest BCUT2D eigenvalue weighted by Crippen LogP contribution is -2.32. The molecule has 16 heavy (non-hydrogen) atoms. The molecule has 0 unspecified atom stereocenters. The second kappa shape index (κ2) is 6.09. The number of aryl methyl sites for hydroxylation is 1. The van der Waals surface area contributed by atoms with Crippen molar-refractivity contribution >= 4 is 17.3 Å². The molecule has 0 spiro atoms. The van der Waals surface area contributed by atoms with Crippen LogP contribution < -0.4 is 4.90 Å². The summed E-state index contributed by atoms with van der Waals surface area (Å²) in [6.45, 7) is 9.70. The minimum absolute atomic E-state index is 0.490.